The van der Waals surface area contributed by atoms with Gasteiger partial charge in [-0.3, -0.25) is 9.69 Å². The predicted molar refractivity (Wildman–Crippen MR) is 116 cm³/mol. The van der Waals surface area contributed by atoms with E-state index < -0.39 is 0 Å². The van der Waals surface area contributed by atoms with Gasteiger partial charge >= 0.3 is 0 Å². The third-order valence-electron chi connectivity index (χ3n) is 6.13. The normalized spacial score (nSPS) is 22.6. The number of carbonyl (C=O) groups excluding carboxylic acids is 1. The number of aromatic nitrogens is 2. The van der Waals surface area contributed by atoms with Gasteiger partial charge in [-0.05, 0) is 37.8 Å². The van der Waals surface area contributed by atoms with Crippen LogP contribution in [0.2, 0.25) is 5.15 Å². The van der Waals surface area contributed by atoms with E-state index >= 15 is 0 Å². The van der Waals surface area contributed by atoms with Crippen LogP contribution in [0.4, 0.5) is 0 Å². The van der Waals surface area contributed by atoms with Gasteiger partial charge in [-0.2, -0.15) is 0 Å². The van der Waals surface area contributed by atoms with Crippen LogP contribution in [0.5, 0.6) is 0 Å². The van der Waals surface area contributed by atoms with E-state index in [1.807, 2.05) is 6.07 Å². The smallest absolute Gasteiger partial charge is 0.223 e. The number of rotatable bonds is 8. The number of carbonyl (C=O) groups is 1. The minimum Gasteiger partial charge on any atom is -0.351 e. The van der Waals surface area contributed by atoms with Gasteiger partial charge in [0.1, 0.15) is 5.82 Å². The first-order chi connectivity index (χ1) is 14.1. The van der Waals surface area contributed by atoms with Gasteiger partial charge in [0.15, 0.2) is 5.15 Å². The van der Waals surface area contributed by atoms with Gasteiger partial charge in [-0.1, -0.05) is 55.3 Å². The summed E-state index contributed by atoms with van der Waals surface area (Å²) in [5, 5.41) is 3.94. The molecule has 2 atom stereocenters. The van der Waals surface area contributed by atoms with Crippen LogP contribution in [0.25, 0.3) is 0 Å². The Labute approximate surface area is 178 Å². The Balaban J connectivity index is 1.44. The first kappa shape index (κ1) is 20.4. The molecule has 156 valence electrons. The van der Waals surface area contributed by atoms with Gasteiger partial charge in [-0.15, -0.1) is 0 Å². The minimum atomic E-state index is 0.125. The molecule has 1 saturated heterocycles. The van der Waals surface area contributed by atoms with Crippen LogP contribution in [-0.4, -0.2) is 39.9 Å². The van der Waals surface area contributed by atoms with E-state index in [1.165, 1.54) is 5.56 Å². The molecule has 0 bridgehead atoms. The molecule has 6 heteroatoms. The van der Waals surface area contributed by atoms with E-state index in [-0.39, 0.29) is 17.9 Å². The van der Waals surface area contributed by atoms with Gasteiger partial charge in [0.25, 0.3) is 0 Å². The van der Waals surface area contributed by atoms with Crippen molar-refractivity contribution in [2.24, 2.45) is 5.92 Å². The molecule has 1 aromatic heterocycles. The molecular weight excluding hydrogens is 384 g/mol. The van der Waals surface area contributed by atoms with Crippen molar-refractivity contribution in [3.63, 3.8) is 0 Å². The van der Waals surface area contributed by atoms with E-state index in [0.29, 0.717) is 11.1 Å². The lowest BCUT2D eigenvalue weighted by Crippen LogP contribution is -2.51. The number of aryl methyl sites for hydroxylation is 1. The minimum absolute atomic E-state index is 0.125. The molecule has 1 amide bonds. The molecule has 0 unspecified atom stereocenters. The number of hydrogen-bond donors (Lipinski definition) is 2. The van der Waals surface area contributed by atoms with Crippen molar-refractivity contribution < 1.29 is 4.79 Å². The lowest BCUT2D eigenvalue weighted by atomic mass is 9.85. The van der Waals surface area contributed by atoms with E-state index in [4.69, 9.17) is 11.6 Å². The average Bonchev–Trinajstić information content (AvgIpc) is 3.52. The number of nitrogens with zero attached hydrogens (tertiary/aromatic N) is 2. The number of imidazole rings is 1. The van der Waals surface area contributed by atoms with Crippen molar-refractivity contribution in [3.8, 4) is 0 Å². The molecule has 4 rings (SSSR count). The summed E-state index contributed by atoms with van der Waals surface area (Å²) in [6.07, 6.45) is 6.27. The first-order valence-corrected chi connectivity index (χ1v) is 11.3. The van der Waals surface area contributed by atoms with Crippen molar-refractivity contribution in [2.75, 3.05) is 13.1 Å². The molecule has 2 heterocycles. The number of likely N-dealkylation sites (tertiary alicyclic amines) is 1. The highest BCUT2D eigenvalue weighted by molar-refractivity contribution is 6.30. The van der Waals surface area contributed by atoms with Crippen molar-refractivity contribution in [1.82, 2.24) is 20.2 Å². The zero-order valence-electron chi connectivity index (χ0n) is 17.2. The first-order valence-electron chi connectivity index (χ1n) is 10.9. The zero-order chi connectivity index (χ0) is 20.2. The molecule has 2 fully saturated rings. The lowest BCUT2D eigenvalue weighted by molar-refractivity contribution is -0.123. The Morgan fingerprint density at radius 1 is 1.28 bits per heavy atom. The summed E-state index contributed by atoms with van der Waals surface area (Å²) in [5.74, 6) is 1.78. The number of benzene rings is 1. The monoisotopic (exact) mass is 414 g/mol. The topological polar surface area (TPSA) is 61.0 Å². The Bertz CT molecular complexity index is 818. The summed E-state index contributed by atoms with van der Waals surface area (Å²) in [5.41, 5.74) is 2.30. The highest BCUT2D eigenvalue weighted by Gasteiger charge is 2.36. The highest BCUT2D eigenvalue weighted by atomic mass is 35.5. The molecule has 2 N–H and O–H groups in total. The molecule has 2 aliphatic rings. The SMILES string of the molecule is CCCCc1nc(Cl)c(CN2CC[C@@H](c3ccccc3)[C@H](NC(=O)C3CC3)C2)[nH]1. The number of H-pyrrole nitrogens is 1. The Hall–Kier alpha value is -1.85. The van der Waals surface area contributed by atoms with Gasteiger partial charge in [-0.25, -0.2) is 4.98 Å². The summed E-state index contributed by atoms with van der Waals surface area (Å²) in [7, 11) is 0. The van der Waals surface area contributed by atoms with Crippen LogP contribution in [-0.2, 0) is 17.8 Å². The largest absolute Gasteiger partial charge is 0.351 e. The molecule has 29 heavy (non-hydrogen) atoms. The number of aromatic amines is 1. The molecule has 1 aliphatic carbocycles. The second-order valence-corrected chi connectivity index (χ2v) is 8.84. The Morgan fingerprint density at radius 3 is 2.79 bits per heavy atom. The van der Waals surface area contributed by atoms with Crippen LogP contribution in [0, 0.1) is 5.92 Å². The molecule has 1 aromatic carbocycles. The van der Waals surface area contributed by atoms with Crippen molar-refractivity contribution in [3.05, 3.63) is 52.6 Å². The van der Waals surface area contributed by atoms with E-state index in [9.17, 15) is 4.79 Å². The average molecular weight is 415 g/mol. The van der Waals surface area contributed by atoms with Crippen LogP contribution in [0.3, 0.4) is 0 Å². The number of unbranched alkanes of at least 4 members (excludes halogenated alkanes) is 1. The number of nitrogens with one attached hydrogen (secondary N) is 2. The summed E-state index contributed by atoms with van der Waals surface area (Å²) in [6.45, 7) is 4.74. The number of hydrogen-bond acceptors (Lipinski definition) is 3. The van der Waals surface area contributed by atoms with Gasteiger partial charge in [0.05, 0.1) is 5.69 Å². The maximum Gasteiger partial charge on any atom is 0.223 e. The van der Waals surface area contributed by atoms with E-state index in [1.54, 1.807) is 0 Å². The van der Waals surface area contributed by atoms with Crippen molar-refractivity contribution in [1.29, 1.82) is 0 Å². The Kier molecular flexibility index (Phi) is 6.56. The van der Waals surface area contributed by atoms with Gasteiger partial charge in [0, 0.05) is 37.4 Å². The fourth-order valence-electron chi connectivity index (χ4n) is 4.29. The maximum absolute atomic E-state index is 12.5. The third kappa shape index (κ3) is 5.20. The summed E-state index contributed by atoms with van der Waals surface area (Å²) >= 11 is 6.40. The standard InChI is InChI=1S/C23H31ClN4O/c1-2-3-9-21-25-20(22(24)27-21)15-28-13-12-18(16-7-5-4-6-8-16)19(14-28)26-23(29)17-10-11-17/h4-8,17-19H,2-3,9-15H2,1H3,(H,25,27)(H,26,29)/t18-,19+/m0/s1. The van der Waals surface area contributed by atoms with Crippen LogP contribution in [0.15, 0.2) is 30.3 Å². The molecule has 1 aliphatic heterocycles. The predicted octanol–water partition coefficient (Wildman–Crippen LogP) is 4.29. The van der Waals surface area contributed by atoms with Crippen molar-refractivity contribution >= 4 is 17.5 Å². The summed E-state index contributed by atoms with van der Waals surface area (Å²) in [4.78, 5) is 22.8. The molecule has 1 saturated carbocycles. The number of piperidine rings is 1. The van der Waals surface area contributed by atoms with Gasteiger partial charge < -0.3 is 10.3 Å². The number of amides is 1. The van der Waals surface area contributed by atoms with Crippen molar-refractivity contribution in [2.45, 2.75) is 64.0 Å². The molecular formula is C23H31ClN4O. The summed E-state index contributed by atoms with van der Waals surface area (Å²) < 4.78 is 0. The molecule has 0 spiro atoms. The molecule has 2 aromatic rings. The van der Waals surface area contributed by atoms with Crippen LogP contribution < -0.4 is 5.32 Å². The van der Waals surface area contributed by atoms with Gasteiger partial charge in [0.2, 0.25) is 5.91 Å². The quantitative estimate of drug-likeness (QED) is 0.677. The third-order valence-corrected chi connectivity index (χ3v) is 6.44. The number of halogens is 1. The second-order valence-electron chi connectivity index (χ2n) is 8.49. The summed E-state index contributed by atoms with van der Waals surface area (Å²) in [6, 6.07) is 10.7. The second kappa shape index (κ2) is 9.31. The van der Waals surface area contributed by atoms with Crippen LogP contribution in [0.1, 0.15) is 62.0 Å². The zero-order valence-corrected chi connectivity index (χ0v) is 17.9. The fraction of sp³-hybridized carbons (Fsp3) is 0.565. The van der Waals surface area contributed by atoms with E-state index in [0.717, 1.165) is 69.7 Å². The maximum atomic E-state index is 12.5. The molecule has 5 nitrogen and oxygen atoms in total. The fourth-order valence-corrected chi connectivity index (χ4v) is 4.49. The Morgan fingerprint density at radius 2 is 2.07 bits per heavy atom. The van der Waals surface area contributed by atoms with E-state index in [2.05, 4.69) is 51.4 Å². The highest BCUT2D eigenvalue weighted by Crippen LogP contribution is 2.33. The lowest BCUT2D eigenvalue weighted by Gasteiger charge is -2.39. The van der Waals surface area contributed by atoms with Crippen LogP contribution >= 0.6 is 11.6 Å². The molecule has 0 radical (unpaired) electrons.